The van der Waals surface area contributed by atoms with Crippen LogP contribution in [0.5, 0.6) is 0 Å². The number of rotatable bonds is 3. The first-order valence-electron chi connectivity index (χ1n) is 4.35. The Morgan fingerprint density at radius 2 is 2.13 bits per heavy atom. The van der Waals surface area contributed by atoms with E-state index in [9.17, 15) is 14.7 Å². The third-order valence-corrected chi connectivity index (χ3v) is 2.14. The van der Waals surface area contributed by atoms with E-state index < -0.39 is 5.91 Å². The van der Waals surface area contributed by atoms with Crippen molar-refractivity contribution in [2.45, 2.75) is 12.8 Å². The molecular weight excluding hydrogens is 262 g/mol. The minimum Gasteiger partial charge on any atom is -0.510 e. The molecule has 0 saturated heterocycles. The van der Waals surface area contributed by atoms with Gasteiger partial charge in [-0.15, -0.1) is 0 Å². The molecule has 0 fully saturated rings. The predicted molar refractivity (Wildman–Crippen MR) is 59.2 cm³/mol. The van der Waals surface area contributed by atoms with Crippen molar-refractivity contribution >= 4 is 27.6 Å². The molecule has 5 heteroatoms. The minimum atomic E-state index is -0.433. The topological polar surface area (TPSA) is 66.4 Å². The zero-order valence-electron chi connectivity index (χ0n) is 7.87. The average molecular weight is 272 g/mol. The maximum Gasteiger partial charge on any atom is 0.248 e. The molecule has 0 aromatic heterocycles. The van der Waals surface area contributed by atoms with Gasteiger partial charge < -0.3 is 10.4 Å². The number of hydrogen-bond acceptors (Lipinski definition) is 3. The van der Waals surface area contributed by atoms with Gasteiger partial charge in [-0.1, -0.05) is 28.1 Å². The van der Waals surface area contributed by atoms with Crippen molar-refractivity contribution in [3.8, 4) is 0 Å². The monoisotopic (exact) mass is 271 g/mol. The van der Waals surface area contributed by atoms with Gasteiger partial charge in [0.2, 0.25) is 5.91 Å². The van der Waals surface area contributed by atoms with E-state index in [1.807, 2.05) is 0 Å². The van der Waals surface area contributed by atoms with Crippen LogP contribution >= 0.6 is 15.9 Å². The Kier molecular flexibility index (Phi) is 4.30. The van der Waals surface area contributed by atoms with Crippen molar-refractivity contribution < 1.29 is 14.7 Å². The number of carbonyl (C=O) groups excluding carboxylic acids is 2. The molecule has 1 aliphatic carbocycles. The second-order valence-electron chi connectivity index (χ2n) is 2.91. The molecule has 0 aliphatic heterocycles. The Balaban J connectivity index is 2.59. The highest BCUT2D eigenvalue weighted by Crippen LogP contribution is 2.17. The van der Waals surface area contributed by atoms with Crippen LogP contribution in [0.25, 0.3) is 0 Å². The molecule has 1 rings (SSSR count). The van der Waals surface area contributed by atoms with Crippen LogP contribution in [0, 0.1) is 0 Å². The highest BCUT2D eigenvalue weighted by molar-refractivity contribution is 9.11. The third-order valence-electron chi connectivity index (χ3n) is 1.84. The van der Waals surface area contributed by atoms with E-state index in [1.54, 1.807) is 11.1 Å². The SMILES string of the molecule is O=C(/C=C/C=C/Br)NC1=C(O)CCC1=O. The van der Waals surface area contributed by atoms with Crippen molar-refractivity contribution in [2.75, 3.05) is 0 Å². The molecule has 0 radical (unpaired) electrons. The maximum atomic E-state index is 11.2. The van der Waals surface area contributed by atoms with Crippen molar-refractivity contribution in [1.29, 1.82) is 0 Å². The van der Waals surface area contributed by atoms with Crippen LogP contribution in [-0.4, -0.2) is 16.8 Å². The normalized spacial score (nSPS) is 17.0. The van der Waals surface area contributed by atoms with Gasteiger partial charge in [-0.25, -0.2) is 0 Å². The Morgan fingerprint density at radius 1 is 1.40 bits per heavy atom. The number of Topliss-reactive ketones (excluding diaryl/α,β-unsaturated/α-hetero) is 1. The lowest BCUT2D eigenvalue weighted by atomic mass is 10.3. The van der Waals surface area contributed by atoms with Crippen LogP contribution in [-0.2, 0) is 9.59 Å². The van der Waals surface area contributed by atoms with Gasteiger partial charge in [0.25, 0.3) is 0 Å². The number of amides is 1. The molecule has 0 aromatic rings. The molecule has 1 aliphatic rings. The number of ketones is 1. The van der Waals surface area contributed by atoms with Gasteiger partial charge >= 0.3 is 0 Å². The summed E-state index contributed by atoms with van der Waals surface area (Å²) in [6.07, 6.45) is 4.96. The predicted octanol–water partition coefficient (Wildman–Crippen LogP) is 1.70. The molecule has 0 unspecified atom stereocenters. The van der Waals surface area contributed by atoms with Crippen LogP contribution in [0.2, 0.25) is 0 Å². The molecule has 0 saturated carbocycles. The van der Waals surface area contributed by atoms with Gasteiger partial charge in [-0.05, 0) is 4.99 Å². The van der Waals surface area contributed by atoms with Crippen LogP contribution in [0.1, 0.15) is 12.8 Å². The molecular formula is C10H10BrNO3. The second kappa shape index (κ2) is 5.50. The van der Waals surface area contributed by atoms with Crippen LogP contribution in [0.4, 0.5) is 0 Å². The fourth-order valence-electron chi connectivity index (χ4n) is 1.13. The Labute approximate surface area is 95.5 Å². The van der Waals surface area contributed by atoms with Crippen LogP contribution in [0.3, 0.4) is 0 Å². The molecule has 0 bridgehead atoms. The van der Waals surface area contributed by atoms with Gasteiger partial charge in [0.1, 0.15) is 11.5 Å². The summed E-state index contributed by atoms with van der Waals surface area (Å²) in [5.41, 5.74) is 0.0208. The lowest BCUT2D eigenvalue weighted by molar-refractivity contribution is -0.119. The second-order valence-corrected chi connectivity index (χ2v) is 3.44. The maximum absolute atomic E-state index is 11.2. The molecule has 0 heterocycles. The average Bonchev–Trinajstić information content (AvgIpc) is 2.50. The molecule has 0 spiro atoms. The number of aliphatic hydroxyl groups is 1. The molecule has 0 atom stereocenters. The lowest BCUT2D eigenvalue weighted by Crippen LogP contribution is -2.24. The van der Waals surface area contributed by atoms with Gasteiger partial charge in [0.05, 0.1) is 0 Å². The van der Waals surface area contributed by atoms with E-state index in [1.165, 1.54) is 12.2 Å². The summed E-state index contributed by atoms with van der Waals surface area (Å²) in [6, 6.07) is 0. The van der Waals surface area contributed by atoms with Crippen molar-refractivity contribution in [3.05, 3.63) is 34.7 Å². The number of halogens is 1. The molecule has 1 amide bonds. The van der Waals surface area contributed by atoms with E-state index in [0.717, 1.165) is 0 Å². The van der Waals surface area contributed by atoms with Crippen molar-refractivity contribution in [1.82, 2.24) is 5.32 Å². The van der Waals surface area contributed by atoms with Crippen LogP contribution in [0.15, 0.2) is 34.7 Å². The summed E-state index contributed by atoms with van der Waals surface area (Å²) in [5.74, 6) is -0.708. The molecule has 2 N–H and O–H groups in total. The summed E-state index contributed by atoms with van der Waals surface area (Å²) in [6.45, 7) is 0. The fraction of sp³-hybridized carbons (Fsp3) is 0.200. The number of hydrogen-bond donors (Lipinski definition) is 2. The van der Waals surface area contributed by atoms with Gasteiger partial charge in [-0.3, -0.25) is 9.59 Å². The largest absolute Gasteiger partial charge is 0.510 e. The van der Waals surface area contributed by atoms with E-state index in [-0.39, 0.29) is 23.7 Å². The number of carbonyl (C=O) groups is 2. The molecule has 4 nitrogen and oxygen atoms in total. The Morgan fingerprint density at radius 3 is 2.67 bits per heavy atom. The number of allylic oxidation sites excluding steroid dienone is 4. The molecule has 80 valence electrons. The van der Waals surface area contributed by atoms with Gasteiger partial charge in [0.15, 0.2) is 5.78 Å². The summed E-state index contributed by atoms with van der Waals surface area (Å²) >= 11 is 3.04. The molecule has 15 heavy (non-hydrogen) atoms. The number of aliphatic hydroxyl groups excluding tert-OH is 1. The standard InChI is InChI=1S/C10H10BrNO3/c11-6-2-1-3-9(15)12-10-7(13)4-5-8(10)14/h1-3,6,13H,4-5H2,(H,12,15)/b3-1+,6-2+. The van der Waals surface area contributed by atoms with Crippen molar-refractivity contribution in [2.24, 2.45) is 0 Å². The zero-order valence-corrected chi connectivity index (χ0v) is 9.45. The highest BCUT2D eigenvalue weighted by Gasteiger charge is 2.23. The zero-order chi connectivity index (χ0) is 11.3. The summed E-state index contributed by atoms with van der Waals surface area (Å²) < 4.78 is 0. The fourth-order valence-corrected chi connectivity index (χ4v) is 1.31. The first kappa shape index (κ1) is 11.7. The van der Waals surface area contributed by atoms with Crippen LogP contribution < -0.4 is 5.32 Å². The smallest absolute Gasteiger partial charge is 0.248 e. The Bertz CT molecular complexity index is 369. The summed E-state index contributed by atoms with van der Waals surface area (Å²) in [5, 5.41) is 11.6. The summed E-state index contributed by atoms with van der Waals surface area (Å²) in [4.78, 5) is 24.0. The summed E-state index contributed by atoms with van der Waals surface area (Å²) in [7, 11) is 0. The van der Waals surface area contributed by atoms with E-state index in [2.05, 4.69) is 21.2 Å². The van der Waals surface area contributed by atoms with E-state index in [0.29, 0.717) is 6.42 Å². The van der Waals surface area contributed by atoms with E-state index in [4.69, 9.17) is 0 Å². The van der Waals surface area contributed by atoms with Gasteiger partial charge in [-0.2, -0.15) is 0 Å². The first-order chi connectivity index (χ1) is 7.15. The third kappa shape index (κ3) is 3.36. The molecule has 0 aromatic carbocycles. The minimum absolute atomic E-state index is 0.0208. The van der Waals surface area contributed by atoms with Crippen molar-refractivity contribution in [3.63, 3.8) is 0 Å². The highest BCUT2D eigenvalue weighted by atomic mass is 79.9. The Hall–Kier alpha value is -1.36. The lowest BCUT2D eigenvalue weighted by Gasteiger charge is -2.01. The van der Waals surface area contributed by atoms with E-state index >= 15 is 0 Å². The first-order valence-corrected chi connectivity index (χ1v) is 5.26. The quantitative estimate of drug-likeness (QED) is 0.607. The van der Waals surface area contributed by atoms with Gasteiger partial charge in [0, 0.05) is 18.9 Å². The number of nitrogens with one attached hydrogen (secondary N) is 1.